The SMILES string of the molecule is Cc1ccc(C(=O)NCCc2cnc[nH]2)c(NN)c1. The Morgan fingerprint density at radius 3 is 3.00 bits per heavy atom. The summed E-state index contributed by atoms with van der Waals surface area (Å²) in [4.78, 5) is 18.9. The molecule has 0 bridgehead atoms. The molecule has 100 valence electrons. The molecule has 6 heteroatoms. The van der Waals surface area contributed by atoms with E-state index in [1.807, 2.05) is 19.1 Å². The Balaban J connectivity index is 1.96. The number of nitrogens with one attached hydrogen (secondary N) is 3. The van der Waals surface area contributed by atoms with Crippen LogP contribution in [-0.2, 0) is 6.42 Å². The van der Waals surface area contributed by atoms with E-state index >= 15 is 0 Å². The minimum absolute atomic E-state index is 0.146. The number of aromatic amines is 1. The quantitative estimate of drug-likeness (QED) is 0.475. The predicted molar refractivity (Wildman–Crippen MR) is 73.6 cm³/mol. The van der Waals surface area contributed by atoms with Crippen LogP contribution in [0.15, 0.2) is 30.7 Å². The predicted octanol–water partition coefficient (Wildman–Crippen LogP) is 0.976. The second-order valence-corrected chi connectivity index (χ2v) is 4.28. The van der Waals surface area contributed by atoms with Crippen LogP contribution in [0.1, 0.15) is 21.6 Å². The van der Waals surface area contributed by atoms with Gasteiger partial charge in [-0.05, 0) is 24.6 Å². The molecule has 0 aliphatic carbocycles. The lowest BCUT2D eigenvalue weighted by Crippen LogP contribution is -2.27. The van der Waals surface area contributed by atoms with Crippen LogP contribution in [0.5, 0.6) is 0 Å². The van der Waals surface area contributed by atoms with E-state index in [0.717, 1.165) is 11.3 Å². The zero-order valence-electron chi connectivity index (χ0n) is 10.7. The van der Waals surface area contributed by atoms with Crippen molar-refractivity contribution in [1.29, 1.82) is 0 Å². The number of rotatable bonds is 5. The normalized spacial score (nSPS) is 10.2. The lowest BCUT2D eigenvalue weighted by Gasteiger charge is -2.10. The number of hydrazine groups is 1. The van der Waals surface area contributed by atoms with Crippen LogP contribution in [0, 0.1) is 6.92 Å². The molecule has 1 amide bonds. The number of imidazole rings is 1. The number of hydrogen-bond acceptors (Lipinski definition) is 4. The molecule has 0 radical (unpaired) electrons. The van der Waals surface area contributed by atoms with Gasteiger partial charge in [0.2, 0.25) is 0 Å². The number of nitrogens with two attached hydrogens (primary N) is 1. The van der Waals surface area contributed by atoms with Gasteiger partial charge in [-0.25, -0.2) is 4.98 Å². The van der Waals surface area contributed by atoms with E-state index in [-0.39, 0.29) is 5.91 Å². The summed E-state index contributed by atoms with van der Waals surface area (Å²) in [6.07, 6.45) is 4.07. The van der Waals surface area contributed by atoms with E-state index in [1.54, 1.807) is 18.6 Å². The molecular formula is C13H17N5O. The van der Waals surface area contributed by atoms with Crippen LogP contribution in [0.25, 0.3) is 0 Å². The van der Waals surface area contributed by atoms with Gasteiger partial charge in [0.25, 0.3) is 5.91 Å². The van der Waals surface area contributed by atoms with Crippen LogP contribution in [0.4, 0.5) is 5.69 Å². The summed E-state index contributed by atoms with van der Waals surface area (Å²) in [7, 11) is 0. The maximum absolute atomic E-state index is 12.0. The van der Waals surface area contributed by atoms with Crippen molar-refractivity contribution >= 4 is 11.6 Å². The first kappa shape index (κ1) is 13.1. The van der Waals surface area contributed by atoms with Crippen molar-refractivity contribution in [3.63, 3.8) is 0 Å². The molecule has 0 aliphatic heterocycles. The van der Waals surface area contributed by atoms with Crippen LogP contribution in [0.3, 0.4) is 0 Å². The van der Waals surface area contributed by atoms with Crippen molar-refractivity contribution in [1.82, 2.24) is 15.3 Å². The monoisotopic (exact) mass is 259 g/mol. The fourth-order valence-corrected chi connectivity index (χ4v) is 1.80. The van der Waals surface area contributed by atoms with Crippen molar-refractivity contribution in [3.05, 3.63) is 47.5 Å². The summed E-state index contributed by atoms with van der Waals surface area (Å²) in [5, 5.41) is 2.85. The van der Waals surface area contributed by atoms with E-state index in [9.17, 15) is 4.79 Å². The summed E-state index contributed by atoms with van der Waals surface area (Å²) in [5.41, 5.74) is 5.74. The first-order valence-corrected chi connectivity index (χ1v) is 6.03. The van der Waals surface area contributed by atoms with Crippen LogP contribution < -0.4 is 16.6 Å². The molecule has 5 N–H and O–H groups in total. The number of carbonyl (C=O) groups excluding carboxylic acids is 1. The Labute approximate surface area is 111 Å². The van der Waals surface area contributed by atoms with Gasteiger partial charge in [-0.15, -0.1) is 0 Å². The number of amides is 1. The number of carbonyl (C=O) groups is 1. The topological polar surface area (TPSA) is 95.8 Å². The van der Waals surface area contributed by atoms with Gasteiger partial charge in [0.05, 0.1) is 17.6 Å². The van der Waals surface area contributed by atoms with Gasteiger partial charge in [-0.1, -0.05) is 6.07 Å². The Morgan fingerprint density at radius 2 is 2.32 bits per heavy atom. The molecule has 0 atom stereocenters. The highest BCUT2D eigenvalue weighted by Crippen LogP contribution is 2.16. The Kier molecular flexibility index (Phi) is 4.15. The van der Waals surface area contributed by atoms with Crippen molar-refractivity contribution in [2.24, 2.45) is 5.84 Å². The first-order valence-electron chi connectivity index (χ1n) is 6.03. The molecule has 1 heterocycles. The Morgan fingerprint density at radius 1 is 1.47 bits per heavy atom. The Bertz CT molecular complexity index is 550. The fraction of sp³-hybridized carbons (Fsp3) is 0.231. The summed E-state index contributed by atoms with van der Waals surface area (Å²) < 4.78 is 0. The van der Waals surface area contributed by atoms with Crippen molar-refractivity contribution in [3.8, 4) is 0 Å². The van der Waals surface area contributed by atoms with E-state index in [2.05, 4.69) is 20.7 Å². The largest absolute Gasteiger partial charge is 0.352 e. The molecule has 1 aromatic carbocycles. The summed E-state index contributed by atoms with van der Waals surface area (Å²) >= 11 is 0. The molecular weight excluding hydrogens is 242 g/mol. The van der Waals surface area contributed by atoms with Gasteiger partial charge in [0.15, 0.2) is 0 Å². The first-order chi connectivity index (χ1) is 9.20. The number of hydrogen-bond donors (Lipinski definition) is 4. The molecule has 0 saturated heterocycles. The second kappa shape index (κ2) is 6.01. The van der Waals surface area contributed by atoms with Crippen LogP contribution in [-0.4, -0.2) is 22.4 Å². The average molecular weight is 259 g/mol. The van der Waals surface area contributed by atoms with Gasteiger partial charge in [0, 0.05) is 24.9 Å². The third-order valence-electron chi connectivity index (χ3n) is 2.81. The van der Waals surface area contributed by atoms with Crippen molar-refractivity contribution < 1.29 is 4.79 Å². The molecule has 0 saturated carbocycles. The van der Waals surface area contributed by atoms with E-state index < -0.39 is 0 Å². The van der Waals surface area contributed by atoms with Gasteiger partial charge >= 0.3 is 0 Å². The number of benzene rings is 1. The number of anilines is 1. The zero-order valence-corrected chi connectivity index (χ0v) is 10.7. The lowest BCUT2D eigenvalue weighted by molar-refractivity contribution is 0.0955. The molecule has 0 fully saturated rings. The minimum atomic E-state index is -0.146. The minimum Gasteiger partial charge on any atom is -0.352 e. The van der Waals surface area contributed by atoms with Crippen LogP contribution in [0.2, 0.25) is 0 Å². The fourth-order valence-electron chi connectivity index (χ4n) is 1.80. The number of aromatic nitrogens is 2. The molecule has 6 nitrogen and oxygen atoms in total. The van der Waals surface area contributed by atoms with E-state index in [4.69, 9.17) is 5.84 Å². The summed E-state index contributed by atoms with van der Waals surface area (Å²) in [6, 6.07) is 5.48. The smallest absolute Gasteiger partial charge is 0.253 e. The molecule has 1 aromatic heterocycles. The molecule has 0 aliphatic rings. The third-order valence-corrected chi connectivity index (χ3v) is 2.81. The molecule has 2 rings (SSSR count). The lowest BCUT2D eigenvalue weighted by atomic mass is 10.1. The highest BCUT2D eigenvalue weighted by Gasteiger charge is 2.10. The number of aryl methyl sites for hydroxylation is 1. The average Bonchev–Trinajstić information content (AvgIpc) is 2.91. The second-order valence-electron chi connectivity index (χ2n) is 4.28. The van der Waals surface area contributed by atoms with E-state index in [0.29, 0.717) is 24.2 Å². The summed E-state index contributed by atoms with van der Waals surface area (Å²) in [6.45, 7) is 2.49. The molecule has 0 unspecified atom stereocenters. The van der Waals surface area contributed by atoms with Gasteiger partial charge < -0.3 is 15.7 Å². The number of nitrogen functional groups attached to an aromatic ring is 1. The number of nitrogens with zero attached hydrogens (tertiary/aromatic N) is 1. The zero-order chi connectivity index (χ0) is 13.7. The van der Waals surface area contributed by atoms with Crippen molar-refractivity contribution in [2.45, 2.75) is 13.3 Å². The van der Waals surface area contributed by atoms with Crippen molar-refractivity contribution in [2.75, 3.05) is 12.0 Å². The Hall–Kier alpha value is -2.34. The highest BCUT2D eigenvalue weighted by molar-refractivity contribution is 5.99. The number of H-pyrrole nitrogens is 1. The van der Waals surface area contributed by atoms with Crippen LogP contribution >= 0.6 is 0 Å². The molecule has 19 heavy (non-hydrogen) atoms. The van der Waals surface area contributed by atoms with Gasteiger partial charge in [-0.2, -0.15) is 0 Å². The summed E-state index contributed by atoms with van der Waals surface area (Å²) in [5.74, 6) is 5.27. The third kappa shape index (κ3) is 3.32. The van der Waals surface area contributed by atoms with Gasteiger partial charge in [0.1, 0.15) is 0 Å². The maximum Gasteiger partial charge on any atom is 0.253 e. The standard InChI is InChI=1S/C13H17N5O/c1-9-2-3-11(12(6-9)18-14)13(19)16-5-4-10-7-15-8-17-10/h2-3,6-8,18H,4-5,14H2,1H3,(H,15,17)(H,16,19). The maximum atomic E-state index is 12.0. The highest BCUT2D eigenvalue weighted by atomic mass is 16.1. The molecule has 2 aromatic rings. The molecule has 0 spiro atoms. The van der Waals surface area contributed by atoms with Gasteiger partial charge in [-0.3, -0.25) is 10.6 Å². The van der Waals surface area contributed by atoms with E-state index in [1.165, 1.54) is 0 Å².